The summed E-state index contributed by atoms with van der Waals surface area (Å²) in [5, 5.41) is 6.52. The van der Waals surface area contributed by atoms with E-state index in [-0.39, 0.29) is 6.03 Å². The Bertz CT molecular complexity index is 434. The average Bonchev–Trinajstić information content (AvgIpc) is 3.17. The lowest BCUT2D eigenvalue weighted by molar-refractivity contribution is -0.00941. The van der Waals surface area contributed by atoms with Gasteiger partial charge in [0.1, 0.15) is 0 Å². The number of amides is 2. The Morgan fingerprint density at radius 2 is 1.59 bits per heavy atom. The maximum absolute atomic E-state index is 12.3. The summed E-state index contributed by atoms with van der Waals surface area (Å²) in [4.78, 5) is 12.3. The third kappa shape index (κ3) is 2.35. The highest BCUT2D eigenvalue weighted by atomic mass is 16.2. The van der Waals surface area contributed by atoms with E-state index >= 15 is 0 Å². The molecule has 3 unspecified atom stereocenters. The lowest BCUT2D eigenvalue weighted by Gasteiger charge is -2.54. The molecule has 6 aliphatic carbocycles. The molecule has 0 aliphatic heterocycles. The van der Waals surface area contributed by atoms with Crippen LogP contribution in [0.4, 0.5) is 4.79 Å². The largest absolute Gasteiger partial charge is 0.338 e. The average molecular weight is 302 g/mol. The zero-order chi connectivity index (χ0) is 14.7. The first-order valence-corrected chi connectivity index (χ1v) is 9.80. The molecule has 0 spiro atoms. The van der Waals surface area contributed by atoms with E-state index in [2.05, 4.69) is 10.6 Å². The van der Waals surface area contributed by atoms with E-state index in [1.165, 1.54) is 57.8 Å². The van der Waals surface area contributed by atoms with Gasteiger partial charge in [0.05, 0.1) is 0 Å². The molecule has 6 saturated carbocycles. The summed E-state index contributed by atoms with van der Waals surface area (Å²) in [5.41, 5.74) is 0. The van der Waals surface area contributed by atoms with E-state index in [0.29, 0.717) is 6.04 Å². The Kier molecular flexibility index (Phi) is 3.20. The molecule has 0 aromatic carbocycles. The van der Waals surface area contributed by atoms with Gasteiger partial charge in [0.25, 0.3) is 0 Å². The van der Waals surface area contributed by atoms with Gasteiger partial charge in [-0.2, -0.15) is 0 Å². The van der Waals surface area contributed by atoms with Crippen molar-refractivity contribution in [2.24, 2.45) is 41.4 Å². The molecule has 2 amide bonds. The summed E-state index contributed by atoms with van der Waals surface area (Å²) in [5.74, 6) is 6.52. The van der Waals surface area contributed by atoms with Gasteiger partial charge in [0.2, 0.25) is 0 Å². The second kappa shape index (κ2) is 5.14. The molecule has 6 aliphatic rings. The lowest BCUT2D eigenvalue weighted by Crippen LogP contribution is -2.57. The van der Waals surface area contributed by atoms with Crippen molar-refractivity contribution in [1.82, 2.24) is 10.6 Å². The van der Waals surface area contributed by atoms with Gasteiger partial charge in [-0.25, -0.2) is 4.79 Å². The molecule has 3 atom stereocenters. The highest BCUT2D eigenvalue weighted by molar-refractivity contribution is 5.74. The van der Waals surface area contributed by atoms with Crippen LogP contribution in [0.5, 0.6) is 0 Å². The number of nitrogens with one attached hydrogen (secondary N) is 2. The smallest absolute Gasteiger partial charge is 0.315 e. The zero-order valence-electron chi connectivity index (χ0n) is 13.6. The molecule has 3 nitrogen and oxygen atoms in total. The molecule has 6 rings (SSSR count). The normalized spacial score (nSPS) is 50.7. The van der Waals surface area contributed by atoms with Crippen molar-refractivity contribution >= 4 is 6.03 Å². The van der Waals surface area contributed by atoms with Crippen LogP contribution in [0.15, 0.2) is 0 Å². The quantitative estimate of drug-likeness (QED) is 0.819. The Morgan fingerprint density at radius 3 is 2.18 bits per heavy atom. The molecular weight excluding hydrogens is 272 g/mol. The van der Waals surface area contributed by atoms with Crippen LogP contribution in [0.1, 0.15) is 57.8 Å². The van der Waals surface area contributed by atoms with Crippen LogP contribution < -0.4 is 10.6 Å². The van der Waals surface area contributed by atoms with E-state index < -0.39 is 0 Å². The molecule has 0 radical (unpaired) electrons. The van der Waals surface area contributed by atoms with E-state index in [1.807, 2.05) is 0 Å². The van der Waals surface area contributed by atoms with Gasteiger partial charge in [0, 0.05) is 12.6 Å². The summed E-state index contributed by atoms with van der Waals surface area (Å²) in [6.45, 7) is 0.882. The fourth-order valence-electron chi connectivity index (χ4n) is 6.92. The number of rotatable bonds is 4. The number of carbonyl (C=O) groups excluding carboxylic acids is 1. The van der Waals surface area contributed by atoms with Crippen LogP contribution in [0.25, 0.3) is 0 Å². The van der Waals surface area contributed by atoms with Crippen LogP contribution in [-0.4, -0.2) is 18.6 Å². The Hall–Kier alpha value is -0.730. The van der Waals surface area contributed by atoms with E-state index in [4.69, 9.17) is 0 Å². The molecule has 2 N–H and O–H groups in total. The van der Waals surface area contributed by atoms with Gasteiger partial charge < -0.3 is 10.6 Å². The lowest BCUT2D eigenvalue weighted by atomic mass is 9.54. The molecule has 0 heterocycles. The van der Waals surface area contributed by atoms with Gasteiger partial charge in [-0.1, -0.05) is 0 Å². The van der Waals surface area contributed by atoms with Crippen molar-refractivity contribution in [2.45, 2.75) is 63.8 Å². The second-order valence-electron chi connectivity index (χ2n) is 9.14. The first kappa shape index (κ1) is 13.7. The fourth-order valence-corrected chi connectivity index (χ4v) is 6.92. The minimum absolute atomic E-state index is 0.114. The minimum atomic E-state index is 0.114. The Labute approximate surface area is 134 Å². The molecule has 22 heavy (non-hydrogen) atoms. The maximum Gasteiger partial charge on any atom is 0.315 e. The second-order valence-corrected chi connectivity index (χ2v) is 9.14. The highest BCUT2D eigenvalue weighted by Gasteiger charge is 2.49. The summed E-state index contributed by atoms with van der Waals surface area (Å²) in [7, 11) is 0. The van der Waals surface area contributed by atoms with E-state index in [1.54, 1.807) is 0 Å². The van der Waals surface area contributed by atoms with Crippen LogP contribution >= 0.6 is 0 Å². The molecule has 3 heteroatoms. The number of carbonyl (C=O) groups is 1. The van der Waals surface area contributed by atoms with Crippen molar-refractivity contribution < 1.29 is 4.79 Å². The molecule has 122 valence electrons. The zero-order valence-corrected chi connectivity index (χ0v) is 13.6. The summed E-state index contributed by atoms with van der Waals surface area (Å²) < 4.78 is 0. The molecule has 4 bridgehead atoms. The summed E-state index contributed by atoms with van der Waals surface area (Å²) >= 11 is 0. The SMILES string of the molecule is O=C(NCCC1CCC2CC12)NC1C2CC3CC(C2)CC1C3. The molecule has 0 saturated heterocycles. The van der Waals surface area contributed by atoms with Gasteiger partial charge in [-0.3, -0.25) is 0 Å². The van der Waals surface area contributed by atoms with Crippen LogP contribution in [0.2, 0.25) is 0 Å². The first-order chi connectivity index (χ1) is 10.8. The van der Waals surface area contributed by atoms with E-state index in [9.17, 15) is 4.79 Å². The van der Waals surface area contributed by atoms with E-state index in [0.717, 1.165) is 48.0 Å². The molecular formula is C19H30N2O. The Balaban J connectivity index is 1.09. The third-order valence-corrected chi connectivity index (χ3v) is 7.82. The van der Waals surface area contributed by atoms with Gasteiger partial charge in [0.15, 0.2) is 0 Å². The van der Waals surface area contributed by atoms with Crippen molar-refractivity contribution in [3.63, 3.8) is 0 Å². The number of fused-ring (bicyclic) bond motifs is 1. The minimum Gasteiger partial charge on any atom is -0.338 e. The summed E-state index contributed by atoms with van der Waals surface area (Å²) in [6.07, 6.45) is 12.5. The maximum atomic E-state index is 12.3. The van der Waals surface area contributed by atoms with Crippen molar-refractivity contribution in [3.8, 4) is 0 Å². The van der Waals surface area contributed by atoms with Crippen LogP contribution in [0.3, 0.4) is 0 Å². The molecule has 0 aromatic rings. The standard InChI is InChI=1S/C19H30N2O/c22-19(20-4-3-13-1-2-14-10-17(13)14)21-18-15-6-11-5-12(8-15)9-16(18)7-11/h11-18H,1-10H2,(H2,20,21,22). The number of hydrogen-bond acceptors (Lipinski definition) is 1. The summed E-state index contributed by atoms with van der Waals surface area (Å²) in [6, 6.07) is 0.593. The number of hydrogen-bond donors (Lipinski definition) is 2. The van der Waals surface area contributed by atoms with Crippen molar-refractivity contribution in [2.75, 3.05) is 6.54 Å². The van der Waals surface area contributed by atoms with Crippen molar-refractivity contribution in [3.05, 3.63) is 0 Å². The van der Waals surface area contributed by atoms with Gasteiger partial charge >= 0.3 is 6.03 Å². The molecule has 6 fully saturated rings. The Morgan fingerprint density at radius 1 is 0.864 bits per heavy atom. The predicted octanol–water partition coefficient (Wildman–Crippen LogP) is 3.55. The van der Waals surface area contributed by atoms with Crippen molar-refractivity contribution in [1.29, 1.82) is 0 Å². The van der Waals surface area contributed by atoms with Gasteiger partial charge in [-0.15, -0.1) is 0 Å². The third-order valence-electron chi connectivity index (χ3n) is 7.82. The molecule has 0 aromatic heterocycles. The predicted molar refractivity (Wildman–Crippen MR) is 86.3 cm³/mol. The van der Waals surface area contributed by atoms with Crippen LogP contribution in [-0.2, 0) is 0 Å². The highest BCUT2D eigenvalue weighted by Crippen LogP contribution is 2.56. The topological polar surface area (TPSA) is 41.1 Å². The first-order valence-electron chi connectivity index (χ1n) is 9.80. The van der Waals surface area contributed by atoms with Crippen LogP contribution in [0, 0.1) is 41.4 Å². The monoisotopic (exact) mass is 302 g/mol. The van der Waals surface area contributed by atoms with Gasteiger partial charge in [-0.05, 0) is 99.2 Å². The fraction of sp³-hybridized carbons (Fsp3) is 0.947. The number of urea groups is 1.